The topological polar surface area (TPSA) is 75.5 Å². The minimum absolute atomic E-state index is 0.0448. The lowest BCUT2D eigenvalue weighted by atomic mass is 10.0. The molecule has 1 heterocycles. The molecule has 0 unspecified atom stereocenters. The first-order valence-electron chi connectivity index (χ1n) is 9.00. The van der Waals surface area contributed by atoms with Crippen LogP contribution in [-0.4, -0.2) is 40.8 Å². The molecule has 26 heavy (non-hydrogen) atoms. The van der Waals surface area contributed by atoms with Crippen LogP contribution in [0.2, 0.25) is 0 Å². The molecule has 0 aromatic heterocycles. The van der Waals surface area contributed by atoms with Crippen molar-refractivity contribution in [3.8, 4) is 0 Å². The summed E-state index contributed by atoms with van der Waals surface area (Å²) >= 11 is 0. The fourth-order valence-electron chi connectivity index (χ4n) is 3.60. The minimum Gasteiger partial charge on any atom is -0.375 e. The number of hydrogen-bond donors (Lipinski definition) is 1. The van der Waals surface area contributed by atoms with Gasteiger partial charge in [-0.25, -0.2) is 0 Å². The summed E-state index contributed by atoms with van der Waals surface area (Å²) in [4.78, 5) is 26.1. The number of hydrogen-bond acceptors (Lipinski definition) is 5. The van der Waals surface area contributed by atoms with Crippen molar-refractivity contribution >= 4 is 17.2 Å². The van der Waals surface area contributed by atoms with Crippen LogP contribution in [0.4, 0.5) is 11.4 Å². The molecule has 6 heteroatoms. The van der Waals surface area contributed by atoms with Crippen LogP contribution >= 0.6 is 0 Å². The first-order chi connectivity index (χ1) is 12.6. The lowest BCUT2D eigenvalue weighted by Crippen LogP contribution is -2.27. The molecule has 2 aliphatic rings. The Kier molecular flexibility index (Phi) is 4.42. The average molecular weight is 351 g/mol. The van der Waals surface area contributed by atoms with E-state index in [-0.39, 0.29) is 17.5 Å². The summed E-state index contributed by atoms with van der Waals surface area (Å²) in [6.07, 6.45) is 3.52. The van der Waals surface area contributed by atoms with Gasteiger partial charge in [0.25, 0.3) is 5.69 Å². The number of carbonyl (C=O) groups excluding carboxylic acids is 1. The number of anilines is 1. The fraction of sp³-hybridized carbons (Fsp3) is 0.350. The predicted octanol–water partition coefficient (Wildman–Crippen LogP) is 3.47. The van der Waals surface area contributed by atoms with Crippen LogP contribution in [0.5, 0.6) is 0 Å². The van der Waals surface area contributed by atoms with Gasteiger partial charge in [-0.15, -0.1) is 0 Å². The Bertz CT molecular complexity index is 833. The molecule has 1 saturated heterocycles. The first-order valence-corrected chi connectivity index (χ1v) is 9.00. The van der Waals surface area contributed by atoms with E-state index in [1.54, 1.807) is 36.4 Å². The summed E-state index contributed by atoms with van der Waals surface area (Å²) < 4.78 is 0. The SMILES string of the molecule is O=C(c1ccccc1)c1ccc(N[C@@H]2CCN(C3CC3)C2)c([N+](=O)[O-])c1. The summed E-state index contributed by atoms with van der Waals surface area (Å²) in [6, 6.07) is 14.5. The van der Waals surface area contributed by atoms with Crippen molar-refractivity contribution < 1.29 is 9.72 Å². The average Bonchev–Trinajstić information content (AvgIpc) is 3.41. The molecule has 2 aromatic carbocycles. The highest BCUT2D eigenvalue weighted by atomic mass is 16.6. The van der Waals surface area contributed by atoms with E-state index in [2.05, 4.69) is 10.2 Å². The van der Waals surface area contributed by atoms with Crippen molar-refractivity contribution in [2.24, 2.45) is 0 Å². The van der Waals surface area contributed by atoms with E-state index >= 15 is 0 Å². The Morgan fingerprint density at radius 1 is 1.08 bits per heavy atom. The summed E-state index contributed by atoms with van der Waals surface area (Å²) in [5, 5.41) is 14.8. The van der Waals surface area contributed by atoms with Gasteiger partial charge in [-0.05, 0) is 31.4 Å². The van der Waals surface area contributed by atoms with E-state index in [0.29, 0.717) is 22.9 Å². The van der Waals surface area contributed by atoms with E-state index in [0.717, 1.165) is 19.5 Å². The molecule has 6 nitrogen and oxygen atoms in total. The van der Waals surface area contributed by atoms with Crippen LogP contribution in [0.15, 0.2) is 48.5 Å². The van der Waals surface area contributed by atoms with Gasteiger partial charge in [0.1, 0.15) is 5.69 Å². The Labute approximate surface area is 152 Å². The maximum Gasteiger partial charge on any atom is 0.293 e. The van der Waals surface area contributed by atoms with Gasteiger partial charge in [0.2, 0.25) is 0 Å². The maximum atomic E-state index is 12.6. The van der Waals surface area contributed by atoms with Crippen molar-refractivity contribution in [3.63, 3.8) is 0 Å². The third-order valence-electron chi connectivity index (χ3n) is 5.14. The lowest BCUT2D eigenvalue weighted by Gasteiger charge is -2.17. The molecule has 2 aromatic rings. The van der Waals surface area contributed by atoms with Gasteiger partial charge in [-0.1, -0.05) is 30.3 Å². The second-order valence-electron chi connectivity index (χ2n) is 7.04. The maximum absolute atomic E-state index is 12.6. The van der Waals surface area contributed by atoms with Crippen molar-refractivity contribution in [3.05, 3.63) is 69.8 Å². The molecule has 0 radical (unpaired) electrons. The largest absolute Gasteiger partial charge is 0.375 e. The van der Waals surface area contributed by atoms with E-state index < -0.39 is 4.92 Å². The Balaban J connectivity index is 1.54. The normalized spacial score (nSPS) is 20.1. The molecular weight excluding hydrogens is 330 g/mol. The third-order valence-corrected chi connectivity index (χ3v) is 5.14. The summed E-state index contributed by atoms with van der Waals surface area (Å²) in [5.41, 5.74) is 1.30. The summed E-state index contributed by atoms with van der Waals surface area (Å²) in [5.74, 6) is -0.207. The highest BCUT2D eigenvalue weighted by Crippen LogP contribution is 2.32. The van der Waals surface area contributed by atoms with E-state index in [4.69, 9.17) is 0 Å². The quantitative estimate of drug-likeness (QED) is 0.490. The van der Waals surface area contributed by atoms with Crippen LogP contribution in [0.1, 0.15) is 35.2 Å². The fourth-order valence-corrected chi connectivity index (χ4v) is 3.60. The number of rotatable bonds is 6. The molecule has 1 saturated carbocycles. The van der Waals surface area contributed by atoms with Gasteiger partial charge in [0.05, 0.1) is 4.92 Å². The molecule has 134 valence electrons. The smallest absolute Gasteiger partial charge is 0.293 e. The monoisotopic (exact) mass is 351 g/mol. The van der Waals surface area contributed by atoms with Gasteiger partial charge in [0.15, 0.2) is 5.78 Å². The zero-order chi connectivity index (χ0) is 18.1. The minimum atomic E-state index is -0.419. The molecule has 1 aliphatic carbocycles. The molecule has 0 spiro atoms. The van der Waals surface area contributed by atoms with Crippen LogP contribution < -0.4 is 5.32 Å². The predicted molar refractivity (Wildman–Crippen MR) is 99.6 cm³/mol. The third kappa shape index (κ3) is 3.46. The number of nitro benzene ring substituents is 1. The van der Waals surface area contributed by atoms with Gasteiger partial charge in [-0.2, -0.15) is 0 Å². The number of nitrogens with one attached hydrogen (secondary N) is 1. The lowest BCUT2D eigenvalue weighted by molar-refractivity contribution is -0.384. The van der Waals surface area contributed by atoms with Crippen molar-refractivity contribution in [1.82, 2.24) is 4.90 Å². The zero-order valence-corrected chi connectivity index (χ0v) is 14.4. The van der Waals surface area contributed by atoms with Crippen LogP contribution in [0, 0.1) is 10.1 Å². The summed E-state index contributed by atoms with van der Waals surface area (Å²) in [6.45, 7) is 1.97. The van der Waals surface area contributed by atoms with E-state index in [1.165, 1.54) is 18.9 Å². The van der Waals surface area contributed by atoms with E-state index in [9.17, 15) is 14.9 Å². The Morgan fingerprint density at radius 3 is 2.54 bits per heavy atom. The van der Waals surface area contributed by atoms with Gasteiger partial charge >= 0.3 is 0 Å². The number of nitrogens with zero attached hydrogens (tertiary/aromatic N) is 2. The number of carbonyl (C=O) groups is 1. The number of benzene rings is 2. The van der Waals surface area contributed by atoms with Crippen LogP contribution in [-0.2, 0) is 0 Å². The number of likely N-dealkylation sites (tertiary alicyclic amines) is 1. The number of nitro groups is 1. The zero-order valence-electron chi connectivity index (χ0n) is 14.4. The molecule has 1 N–H and O–H groups in total. The highest BCUT2D eigenvalue weighted by molar-refractivity contribution is 6.09. The van der Waals surface area contributed by atoms with Gasteiger partial charge < -0.3 is 5.32 Å². The molecule has 1 aliphatic heterocycles. The van der Waals surface area contributed by atoms with Crippen molar-refractivity contribution in [1.29, 1.82) is 0 Å². The molecule has 0 amide bonds. The van der Waals surface area contributed by atoms with Crippen molar-refractivity contribution in [2.45, 2.75) is 31.3 Å². The molecule has 4 rings (SSSR count). The molecule has 0 bridgehead atoms. The van der Waals surface area contributed by atoms with Crippen LogP contribution in [0.3, 0.4) is 0 Å². The molecular formula is C20H21N3O3. The Morgan fingerprint density at radius 2 is 1.85 bits per heavy atom. The van der Waals surface area contributed by atoms with E-state index in [1.807, 2.05) is 6.07 Å². The summed E-state index contributed by atoms with van der Waals surface area (Å²) in [7, 11) is 0. The van der Waals surface area contributed by atoms with Crippen LogP contribution in [0.25, 0.3) is 0 Å². The molecule has 1 atom stereocenters. The second kappa shape index (κ2) is 6.88. The van der Waals surface area contributed by atoms with Gasteiger partial charge in [0, 0.05) is 42.4 Å². The highest BCUT2D eigenvalue weighted by Gasteiger charge is 2.34. The number of ketones is 1. The van der Waals surface area contributed by atoms with Crippen molar-refractivity contribution in [2.75, 3.05) is 18.4 Å². The first kappa shape index (κ1) is 16.7. The molecule has 2 fully saturated rings. The second-order valence-corrected chi connectivity index (χ2v) is 7.04. The standard InChI is InChI=1S/C20H21N3O3/c24-20(14-4-2-1-3-5-14)15-6-9-18(19(12-15)23(25)26)21-16-10-11-22(13-16)17-7-8-17/h1-6,9,12,16-17,21H,7-8,10-11,13H2/t16-/m1/s1. The Hall–Kier alpha value is -2.73. The van der Waals surface area contributed by atoms with Gasteiger partial charge in [-0.3, -0.25) is 19.8 Å².